The van der Waals surface area contributed by atoms with E-state index in [1.54, 1.807) is 17.0 Å². The van der Waals surface area contributed by atoms with Crippen LogP contribution >= 0.6 is 11.6 Å². The van der Waals surface area contributed by atoms with Crippen molar-refractivity contribution in [2.24, 2.45) is 0 Å². The number of carboxylic acid groups (broad SMARTS) is 1. The number of hydrogen-bond acceptors (Lipinski definition) is 5. The highest BCUT2D eigenvalue weighted by atomic mass is 35.5. The Morgan fingerprint density at radius 1 is 1.26 bits per heavy atom. The van der Waals surface area contributed by atoms with Crippen molar-refractivity contribution >= 4 is 40.1 Å². The monoisotopic (exact) mass is 439 g/mol. The van der Waals surface area contributed by atoms with E-state index in [0.29, 0.717) is 11.6 Å². The van der Waals surface area contributed by atoms with Crippen LogP contribution in [0.25, 0.3) is 11.0 Å². The Morgan fingerprint density at radius 3 is 2.68 bits per heavy atom. The number of nitrogens with zero attached hydrogens (tertiary/aromatic N) is 1. The first-order valence-electron chi connectivity index (χ1n) is 9.90. The van der Waals surface area contributed by atoms with Gasteiger partial charge in [-0.05, 0) is 48.4 Å². The normalized spacial score (nSPS) is 16.2. The van der Waals surface area contributed by atoms with Crippen LogP contribution in [-0.4, -0.2) is 28.2 Å². The molecule has 2 aromatic carbocycles. The van der Waals surface area contributed by atoms with E-state index in [-0.39, 0.29) is 5.57 Å². The molecule has 31 heavy (non-hydrogen) atoms. The molecule has 1 aliphatic heterocycles. The van der Waals surface area contributed by atoms with Gasteiger partial charge >= 0.3 is 5.97 Å². The second kappa shape index (κ2) is 8.35. The lowest BCUT2D eigenvalue weighted by molar-refractivity contribution is -0.135. The number of nitrogens with one attached hydrogen (secondary N) is 2. The maximum Gasteiger partial charge on any atom is 0.342 e. The Morgan fingerprint density at radius 2 is 2.00 bits per heavy atom. The molecular weight excluding hydrogens is 418 g/mol. The molecule has 1 aromatic heterocycles. The van der Waals surface area contributed by atoms with Gasteiger partial charge in [-0.3, -0.25) is 4.79 Å². The molecular formula is C23H22ClN3O4. The van der Waals surface area contributed by atoms with Crippen LogP contribution in [0.3, 0.4) is 0 Å². The Bertz CT molecular complexity index is 1180. The minimum Gasteiger partial charge on any atom is -0.477 e. The SMILES string of the molecule is CCc1oc2ccc(NC3NC(=O)C(C(=O)O)=CN3Cc3ccc(Cl)cc3)cc2c1C. The number of benzene rings is 2. The minimum absolute atomic E-state index is 0.319. The number of furan rings is 1. The summed E-state index contributed by atoms with van der Waals surface area (Å²) in [5.74, 6) is -0.984. The number of carbonyl (C=O) groups excluding carboxylic acids is 1. The lowest BCUT2D eigenvalue weighted by atomic mass is 10.1. The number of anilines is 1. The standard InChI is InChI=1S/C23H22ClN3O4/c1-3-19-13(2)17-10-16(8-9-20(17)31-19)25-23-26-21(28)18(22(29)30)12-27(23)11-14-4-6-15(24)7-5-14/h4-10,12,23,25H,3,11H2,1-2H3,(H,26,28)(H,29,30). The van der Waals surface area contributed by atoms with Gasteiger partial charge in [-0.25, -0.2) is 4.79 Å². The molecule has 3 aromatic rings. The highest BCUT2D eigenvalue weighted by Gasteiger charge is 2.30. The number of amides is 1. The van der Waals surface area contributed by atoms with Gasteiger partial charge in [0.2, 0.25) is 0 Å². The summed E-state index contributed by atoms with van der Waals surface area (Å²) in [7, 11) is 0. The maximum atomic E-state index is 12.3. The molecule has 1 unspecified atom stereocenters. The number of carboxylic acids is 1. The molecule has 0 spiro atoms. The fourth-order valence-corrected chi connectivity index (χ4v) is 3.78. The average Bonchev–Trinajstić information content (AvgIpc) is 3.06. The molecule has 160 valence electrons. The van der Waals surface area contributed by atoms with Gasteiger partial charge < -0.3 is 25.1 Å². The second-order valence-corrected chi connectivity index (χ2v) is 7.82. The summed E-state index contributed by atoms with van der Waals surface area (Å²) >= 11 is 5.97. The summed E-state index contributed by atoms with van der Waals surface area (Å²) in [4.78, 5) is 25.5. The Labute approximate surface area is 184 Å². The lowest BCUT2D eigenvalue weighted by Gasteiger charge is -2.36. The molecule has 3 N–H and O–H groups in total. The van der Waals surface area contributed by atoms with Gasteiger partial charge in [0.25, 0.3) is 5.91 Å². The predicted octanol–water partition coefficient (Wildman–Crippen LogP) is 4.25. The number of aliphatic carboxylic acids is 1. The number of aryl methyl sites for hydroxylation is 2. The number of carbonyl (C=O) groups is 2. The summed E-state index contributed by atoms with van der Waals surface area (Å²) in [6.07, 6.45) is 1.53. The largest absolute Gasteiger partial charge is 0.477 e. The van der Waals surface area contributed by atoms with Crippen LogP contribution in [0, 0.1) is 6.92 Å². The van der Waals surface area contributed by atoms with E-state index in [2.05, 4.69) is 10.6 Å². The van der Waals surface area contributed by atoms with Crippen molar-refractivity contribution in [3.8, 4) is 0 Å². The van der Waals surface area contributed by atoms with Crippen molar-refractivity contribution in [2.45, 2.75) is 33.1 Å². The van der Waals surface area contributed by atoms with Crippen LogP contribution in [0.2, 0.25) is 5.02 Å². The molecule has 0 fully saturated rings. The molecule has 0 radical (unpaired) electrons. The van der Waals surface area contributed by atoms with Crippen LogP contribution in [0.1, 0.15) is 23.8 Å². The maximum absolute atomic E-state index is 12.3. The molecule has 0 aliphatic carbocycles. The van der Waals surface area contributed by atoms with E-state index in [1.165, 1.54) is 6.20 Å². The van der Waals surface area contributed by atoms with Crippen LogP contribution in [0.5, 0.6) is 0 Å². The van der Waals surface area contributed by atoms with Gasteiger partial charge in [0.05, 0.1) is 0 Å². The molecule has 2 heterocycles. The molecule has 7 nitrogen and oxygen atoms in total. The smallest absolute Gasteiger partial charge is 0.342 e. The summed E-state index contributed by atoms with van der Waals surface area (Å²) in [5, 5.41) is 17.0. The number of halogens is 1. The van der Waals surface area contributed by atoms with Gasteiger partial charge in [-0.15, -0.1) is 0 Å². The van der Waals surface area contributed by atoms with E-state index in [4.69, 9.17) is 16.0 Å². The molecule has 4 rings (SSSR count). The van der Waals surface area contributed by atoms with Crippen LogP contribution in [-0.2, 0) is 22.6 Å². The summed E-state index contributed by atoms with van der Waals surface area (Å²) < 4.78 is 5.87. The zero-order valence-electron chi connectivity index (χ0n) is 17.1. The third-order valence-corrected chi connectivity index (χ3v) is 5.56. The zero-order chi connectivity index (χ0) is 22.1. The van der Waals surface area contributed by atoms with E-state index in [0.717, 1.165) is 40.0 Å². The van der Waals surface area contributed by atoms with Crippen LogP contribution in [0.15, 0.2) is 58.7 Å². The first-order valence-corrected chi connectivity index (χ1v) is 10.3. The summed E-state index contributed by atoms with van der Waals surface area (Å²) in [5.41, 5.74) is 3.26. The number of hydrogen-bond donors (Lipinski definition) is 3. The highest BCUT2D eigenvalue weighted by Crippen LogP contribution is 2.29. The average molecular weight is 440 g/mol. The molecule has 8 heteroatoms. The first-order chi connectivity index (χ1) is 14.9. The van der Waals surface area contributed by atoms with Crippen molar-refractivity contribution in [2.75, 3.05) is 5.32 Å². The summed E-state index contributed by atoms with van der Waals surface area (Å²) in [6.45, 7) is 4.44. The fourth-order valence-electron chi connectivity index (χ4n) is 3.65. The van der Waals surface area contributed by atoms with Crippen molar-refractivity contribution in [1.82, 2.24) is 10.2 Å². The Kier molecular flexibility index (Phi) is 5.61. The molecule has 0 saturated heterocycles. The van der Waals surface area contributed by atoms with Crippen molar-refractivity contribution in [3.63, 3.8) is 0 Å². The third kappa shape index (κ3) is 4.22. The quantitative estimate of drug-likeness (QED) is 0.497. The van der Waals surface area contributed by atoms with Gasteiger partial charge in [-0.1, -0.05) is 30.7 Å². The number of rotatable bonds is 6. The first kappa shape index (κ1) is 20.8. The molecule has 1 aliphatic rings. The van der Waals surface area contributed by atoms with Gasteiger partial charge in [0.1, 0.15) is 16.9 Å². The van der Waals surface area contributed by atoms with Gasteiger partial charge in [0, 0.05) is 35.3 Å². The van der Waals surface area contributed by atoms with E-state index < -0.39 is 18.2 Å². The second-order valence-electron chi connectivity index (χ2n) is 7.38. The highest BCUT2D eigenvalue weighted by molar-refractivity contribution is 6.30. The summed E-state index contributed by atoms with van der Waals surface area (Å²) in [6, 6.07) is 13.0. The lowest BCUT2D eigenvalue weighted by Crippen LogP contribution is -2.55. The van der Waals surface area contributed by atoms with Crippen LogP contribution in [0.4, 0.5) is 5.69 Å². The molecule has 0 saturated carbocycles. The topological polar surface area (TPSA) is 94.8 Å². The van der Waals surface area contributed by atoms with Crippen LogP contribution < -0.4 is 10.6 Å². The van der Waals surface area contributed by atoms with E-state index >= 15 is 0 Å². The zero-order valence-corrected chi connectivity index (χ0v) is 17.9. The van der Waals surface area contributed by atoms with E-state index in [9.17, 15) is 14.7 Å². The van der Waals surface area contributed by atoms with Gasteiger partial charge in [-0.2, -0.15) is 0 Å². The third-order valence-electron chi connectivity index (χ3n) is 5.31. The van der Waals surface area contributed by atoms with Crippen molar-refractivity contribution in [3.05, 3.63) is 76.1 Å². The van der Waals surface area contributed by atoms with Crippen molar-refractivity contribution in [1.29, 1.82) is 0 Å². The van der Waals surface area contributed by atoms with Gasteiger partial charge in [0.15, 0.2) is 6.29 Å². The Balaban J connectivity index is 1.65. The van der Waals surface area contributed by atoms with E-state index in [1.807, 2.05) is 44.2 Å². The fraction of sp³-hybridized carbons (Fsp3) is 0.217. The number of fused-ring (bicyclic) bond motifs is 1. The predicted molar refractivity (Wildman–Crippen MR) is 119 cm³/mol. The minimum atomic E-state index is -1.28. The molecule has 1 amide bonds. The van der Waals surface area contributed by atoms with Crippen molar-refractivity contribution < 1.29 is 19.1 Å². The Hall–Kier alpha value is -3.45. The molecule has 0 bridgehead atoms. The molecule has 1 atom stereocenters.